The zero-order valence-corrected chi connectivity index (χ0v) is 12.0. The van der Waals surface area contributed by atoms with E-state index in [2.05, 4.69) is 26.5 Å². The normalized spacial score (nSPS) is 17.8. The van der Waals surface area contributed by atoms with Crippen LogP contribution >= 0.6 is 11.6 Å². The molecule has 1 N–H and O–H groups in total. The largest absolute Gasteiger partial charge is 0.315 e. The highest BCUT2D eigenvalue weighted by Crippen LogP contribution is 2.18. The highest BCUT2D eigenvalue weighted by atomic mass is 35.5. The van der Waals surface area contributed by atoms with Gasteiger partial charge in [0.2, 0.25) is 0 Å². The van der Waals surface area contributed by atoms with E-state index in [0.29, 0.717) is 0 Å². The smallest absolute Gasteiger partial charge is 0.137 e. The number of hydrogen-bond acceptors (Lipinski definition) is 3. The molecule has 0 saturated carbocycles. The third-order valence-electron chi connectivity index (χ3n) is 3.69. The summed E-state index contributed by atoms with van der Waals surface area (Å²) < 4.78 is 2.12. The van der Waals surface area contributed by atoms with E-state index in [9.17, 15) is 0 Å². The summed E-state index contributed by atoms with van der Waals surface area (Å²) in [6.45, 7) is 7.43. The van der Waals surface area contributed by atoms with Crippen molar-refractivity contribution in [3.05, 3.63) is 34.7 Å². The average molecular weight is 279 g/mol. The quantitative estimate of drug-likeness (QED) is 0.913. The summed E-state index contributed by atoms with van der Waals surface area (Å²) in [5.74, 6) is 0. The Morgan fingerprint density at radius 1 is 1.32 bits per heavy atom. The lowest BCUT2D eigenvalue weighted by Gasteiger charge is -2.19. The molecule has 2 aromatic rings. The number of fused-ring (bicyclic) bond motifs is 1. The van der Waals surface area contributed by atoms with Crippen LogP contribution in [0.25, 0.3) is 5.65 Å². The summed E-state index contributed by atoms with van der Waals surface area (Å²) >= 11 is 6.10. The van der Waals surface area contributed by atoms with Crippen LogP contribution < -0.4 is 5.32 Å². The Kier molecular flexibility index (Phi) is 3.73. The van der Waals surface area contributed by atoms with E-state index < -0.39 is 0 Å². The molecule has 0 atom stereocenters. The van der Waals surface area contributed by atoms with Gasteiger partial charge in [0.05, 0.1) is 16.4 Å². The molecule has 1 fully saturated rings. The van der Waals surface area contributed by atoms with Gasteiger partial charge < -0.3 is 9.72 Å². The zero-order valence-electron chi connectivity index (χ0n) is 11.2. The fourth-order valence-electron chi connectivity index (χ4n) is 2.65. The molecular weight excluding hydrogens is 260 g/mol. The van der Waals surface area contributed by atoms with E-state index in [1.54, 1.807) is 0 Å². The summed E-state index contributed by atoms with van der Waals surface area (Å²) in [4.78, 5) is 7.09. The van der Waals surface area contributed by atoms with E-state index in [-0.39, 0.29) is 0 Å². The maximum atomic E-state index is 6.10. The number of aromatic nitrogens is 2. The van der Waals surface area contributed by atoms with E-state index in [0.717, 1.165) is 49.1 Å². The first-order valence-corrected chi connectivity index (χ1v) is 7.18. The van der Waals surface area contributed by atoms with Crippen LogP contribution in [0.15, 0.2) is 18.3 Å². The first kappa shape index (κ1) is 12.9. The van der Waals surface area contributed by atoms with Crippen molar-refractivity contribution in [1.82, 2.24) is 19.6 Å². The van der Waals surface area contributed by atoms with Crippen molar-refractivity contribution in [2.45, 2.75) is 19.9 Å². The molecule has 0 unspecified atom stereocenters. The molecule has 0 spiro atoms. The summed E-state index contributed by atoms with van der Waals surface area (Å²) in [5, 5.41) is 4.19. The molecule has 0 bridgehead atoms. The van der Waals surface area contributed by atoms with Crippen LogP contribution in [0.2, 0.25) is 5.02 Å². The average Bonchev–Trinajstić information content (AvgIpc) is 2.58. The van der Waals surface area contributed by atoms with E-state index in [1.165, 1.54) is 12.1 Å². The maximum absolute atomic E-state index is 6.10. The second-order valence-corrected chi connectivity index (χ2v) is 5.54. The van der Waals surface area contributed by atoms with E-state index in [1.807, 2.05) is 18.3 Å². The number of hydrogen-bond donors (Lipinski definition) is 1. The summed E-state index contributed by atoms with van der Waals surface area (Å²) in [6, 6.07) is 3.87. The monoisotopic (exact) mass is 278 g/mol. The Morgan fingerprint density at radius 3 is 3.11 bits per heavy atom. The van der Waals surface area contributed by atoms with Crippen molar-refractivity contribution in [1.29, 1.82) is 0 Å². The molecule has 0 aliphatic carbocycles. The van der Waals surface area contributed by atoms with Gasteiger partial charge in [-0.2, -0.15) is 0 Å². The molecule has 1 aliphatic rings. The van der Waals surface area contributed by atoms with Crippen LogP contribution in [0, 0.1) is 6.92 Å². The Labute approximate surface area is 118 Å². The fourth-order valence-corrected chi connectivity index (χ4v) is 2.81. The summed E-state index contributed by atoms with van der Waals surface area (Å²) in [6.07, 6.45) is 3.17. The number of pyridine rings is 1. The van der Waals surface area contributed by atoms with Crippen LogP contribution in [-0.2, 0) is 6.54 Å². The number of nitrogens with one attached hydrogen (secondary N) is 1. The van der Waals surface area contributed by atoms with Crippen molar-refractivity contribution >= 4 is 17.2 Å². The minimum Gasteiger partial charge on any atom is -0.315 e. The molecular formula is C14H19ClN4. The molecule has 102 valence electrons. The van der Waals surface area contributed by atoms with Crippen molar-refractivity contribution < 1.29 is 0 Å². The van der Waals surface area contributed by atoms with Gasteiger partial charge in [0.25, 0.3) is 0 Å². The van der Waals surface area contributed by atoms with Crippen molar-refractivity contribution in [3.63, 3.8) is 0 Å². The topological polar surface area (TPSA) is 32.6 Å². The van der Waals surface area contributed by atoms with Gasteiger partial charge in [0.1, 0.15) is 5.65 Å². The van der Waals surface area contributed by atoms with Gasteiger partial charge in [0, 0.05) is 25.8 Å². The van der Waals surface area contributed by atoms with Gasteiger partial charge in [-0.3, -0.25) is 4.90 Å². The summed E-state index contributed by atoms with van der Waals surface area (Å²) in [7, 11) is 0. The maximum Gasteiger partial charge on any atom is 0.137 e. The third-order valence-corrected chi connectivity index (χ3v) is 3.91. The number of aryl methyl sites for hydroxylation is 1. The number of halogens is 1. The Bertz CT molecular complexity index is 570. The Hall–Kier alpha value is -1.10. The predicted octanol–water partition coefficient (Wildman–Crippen LogP) is 2.09. The molecule has 2 aromatic heterocycles. The van der Waals surface area contributed by atoms with Gasteiger partial charge in [-0.05, 0) is 38.6 Å². The van der Waals surface area contributed by atoms with E-state index in [4.69, 9.17) is 11.6 Å². The number of rotatable bonds is 2. The second kappa shape index (κ2) is 5.49. The molecule has 19 heavy (non-hydrogen) atoms. The minimum absolute atomic E-state index is 0.753. The lowest BCUT2D eigenvalue weighted by Crippen LogP contribution is -2.28. The Balaban J connectivity index is 1.90. The predicted molar refractivity (Wildman–Crippen MR) is 77.7 cm³/mol. The highest BCUT2D eigenvalue weighted by molar-refractivity contribution is 6.30. The fraction of sp³-hybridized carbons (Fsp3) is 0.500. The summed E-state index contributed by atoms with van der Waals surface area (Å²) in [5.41, 5.74) is 3.32. The van der Waals surface area contributed by atoms with Crippen molar-refractivity contribution in [2.24, 2.45) is 0 Å². The Morgan fingerprint density at radius 2 is 2.21 bits per heavy atom. The van der Waals surface area contributed by atoms with Crippen molar-refractivity contribution in [2.75, 3.05) is 26.2 Å². The second-order valence-electron chi connectivity index (χ2n) is 5.10. The highest BCUT2D eigenvalue weighted by Gasteiger charge is 2.14. The van der Waals surface area contributed by atoms with Gasteiger partial charge >= 0.3 is 0 Å². The lowest BCUT2D eigenvalue weighted by molar-refractivity contribution is 0.279. The minimum atomic E-state index is 0.753. The first-order valence-electron chi connectivity index (χ1n) is 6.80. The molecule has 3 heterocycles. The first-order chi connectivity index (χ1) is 9.24. The van der Waals surface area contributed by atoms with Gasteiger partial charge in [0.15, 0.2) is 0 Å². The van der Waals surface area contributed by atoms with Crippen LogP contribution in [-0.4, -0.2) is 40.5 Å². The lowest BCUT2D eigenvalue weighted by atomic mass is 10.3. The molecule has 5 heteroatoms. The zero-order chi connectivity index (χ0) is 13.2. The van der Waals surface area contributed by atoms with Crippen molar-refractivity contribution in [3.8, 4) is 0 Å². The SMILES string of the molecule is Cc1nc2ccc(Cl)cn2c1CN1CCCNCC1. The molecule has 0 radical (unpaired) electrons. The molecule has 1 aliphatic heterocycles. The van der Waals surface area contributed by atoms with Gasteiger partial charge in [-0.1, -0.05) is 11.6 Å². The van der Waals surface area contributed by atoms with Crippen LogP contribution in [0.3, 0.4) is 0 Å². The third kappa shape index (κ3) is 2.76. The standard InChI is InChI=1S/C14H19ClN4/c1-11-13(10-18-7-2-5-16-6-8-18)19-9-12(15)3-4-14(19)17-11/h3-4,9,16H,2,5-8,10H2,1H3. The molecule has 3 rings (SSSR count). The van der Waals surface area contributed by atoms with E-state index >= 15 is 0 Å². The molecule has 0 aromatic carbocycles. The molecule has 4 nitrogen and oxygen atoms in total. The van der Waals surface area contributed by atoms with Crippen LogP contribution in [0.5, 0.6) is 0 Å². The number of nitrogens with zero attached hydrogens (tertiary/aromatic N) is 3. The molecule has 0 amide bonds. The van der Waals surface area contributed by atoms with Gasteiger partial charge in [-0.15, -0.1) is 0 Å². The van der Waals surface area contributed by atoms with Crippen LogP contribution in [0.1, 0.15) is 17.8 Å². The number of imidazole rings is 1. The van der Waals surface area contributed by atoms with Crippen LogP contribution in [0.4, 0.5) is 0 Å². The van der Waals surface area contributed by atoms with Gasteiger partial charge in [-0.25, -0.2) is 4.98 Å². The molecule has 1 saturated heterocycles.